The first-order valence-electron chi connectivity index (χ1n) is 5.15. The Morgan fingerprint density at radius 1 is 1.67 bits per heavy atom. The fourth-order valence-electron chi connectivity index (χ4n) is 1.55. The lowest BCUT2D eigenvalue weighted by Crippen LogP contribution is -2.03. The molecule has 0 aliphatic heterocycles. The van der Waals surface area contributed by atoms with E-state index in [1.54, 1.807) is 13.0 Å². The number of nitrogens with zero attached hydrogens (tertiary/aromatic N) is 4. The quantitative estimate of drug-likeness (QED) is 0.374. The summed E-state index contributed by atoms with van der Waals surface area (Å²) in [5, 5.41) is 12.3. The zero-order valence-corrected chi connectivity index (χ0v) is 9.99. The minimum atomic E-state index is -1.28. The Morgan fingerprint density at radius 3 is 2.89 bits per heavy atom. The Kier molecular flexibility index (Phi) is 4.71. The van der Waals surface area contributed by atoms with Crippen molar-refractivity contribution in [2.24, 2.45) is 5.11 Å². The molecule has 1 aromatic rings. The number of ether oxygens (including phenoxy) is 1. The van der Waals surface area contributed by atoms with Gasteiger partial charge in [-0.3, -0.25) is 4.98 Å². The van der Waals surface area contributed by atoms with E-state index >= 15 is 0 Å². The highest BCUT2D eigenvalue weighted by Crippen LogP contribution is 2.30. The highest BCUT2D eigenvalue weighted by Gasteiger charge is 2.16. The summed E-state index contributed by atoms with van der Waals surface area (Å²) < 4.78 is 5.13. The van der Waals surface area contributed by atoms with Gasteiger partial charge in [-0.2, -0.15) is 0 Å². The van der Waals surface area contributed by atoms with E-state index < -0.39 is 5.97 Å². The molecule has 1 rings (SSSR count). The molecule has 0 aliphatic carbocycles. The van der Waals surface area contributed by atoms with E-state index in [9.17, 15) is 4.79 Å². The van der Waals surface area contributed by atoms with Crippen molar-refractivity contribution in [2.75, 3.05) is 7.11 Å². The molecule has 0 spiro atoms. The Hall–Kier alpha value is -2.53. The summed E-state index contributed by atoms with van der Waals surface area (Å²) in [6, 6.07) is 1.61. The monoisotopic (exact) mass is 248 g/mol. The van der Waals surface area contributed by atoms with Crippen LogP contribution in [0.1, 0.15) is 18.9 Å². The standard InChI is InChI=1S/C11H12N4O3/c1-3-7(10(11(16)17)14-15-12)8-6-13-5-4-9(8)18-2/h4-6H,3H2,1-2H3,(H,16,17). The zero-order valence-electron chi connectivity index (χ0n) is 9.99. The molecule has 0 saturated carbocycles. The molecule has 0 unspecified atom stereocenters. The van der Waals surface area contributed by atoms with Crippen molar-refractivity contribution in [3.05, 3.63) is 40.2 Å². The average molecular weight is 248 g/mol. The molecule has 0 saturated heterocycles. The Bertz CT molecular complexity index is 529. The van der Waals surface area contributed by atoms with Crippen LogP contribution in [0, 0.1) is 0 Å². The van der Waals surface area contributed by atoms with Crippen LogP contribution in [0.15, 0.2) is 29.3 Å². The molecule has 7 nitrogen and oxygen atoms in total. The number of allylic oxidation sites excluding steroid dienone is 1. The molecule has 0 amide bonds. The molecule has 7 heteroatoms. The van der Waals surface area contributed by atoms with Gasteiger partial charge in [0, 0.05) is 22.9 Å². The van der Waals surface area contributed by atoms with Crippen LogP contribution in [0.2, 0.25) is 0 Å². The van der Waals surface area contributed by atoms with E-state index in [1.807, 2.05) is 0 Å². The molecule has 0 radical (unpaired) electrons. The van der Waals surface area contributed by atoms with Gasteiger partial charge in [-0.15, -0.1) is 0 Å². The van der Waals surface area contributed by atoms with E-state index in [4.69, 9.17) is 15.4 Å². The smallest absolute Gasteiger partial charge is 0.338 e. The maximum Gasteiger partial charge on any atom is 0.338 e. The van der Waals surface area contributed by atoms with E-state index in [1.165, 1.54) is 19.5 Å². The van der Waals surface area contributed by atoms with Crippen molar-refractivity contribution < 1.29 is 14.6 Å². The lowest BCUT2D eigenvalue weighted by molar-refractivity contribution is -0.132. The third-order valence-corrected chi connectivity index (χ3v) is 2.31. The Balaban J connectivity index is 3.52. The summed E-state index contributed by atoms with van der Waals surface area (Å²) in [4.78, 5) is 17.5. The molecule has 0 aromatic carbocycles. The highest BCUT2D eigenvalue weighted by atomic mass is 16.5. The number of aromatic nitrogens is 1. The fraction of sp³-hybridized carbons (Fsp3) is 0.273. The van der Waals surface area contributed by atoms with Gasteiger partial charge in [-0.05, 0) is 23.6 Å². The van der Waals surface area contributed by atoms with Crippen LogP contribution in [0.25, 0.3) is 16.0 Å². The van der Waals surface area contributed by atoms with E-state index in [0.717, 1.165) is 0 Å². The van der Waals surface area contributed by atoms with Crippen molar-refractivity contribution in [3.63, 3.8) is 0 Å². The maximum atomic E-state index is 11.1. The summed E-state index contributed by atoms with van der Waals surface area (Å²) in [5.74, 6) is -0.802. The second-order valence-corrected chi connectivity index (χ2v) is 3.25. The van der Waals surface area contributed by atoms with Crippen molar-refractivity contribution in [3.8, 4) is 5.75 Å². The van der Waals surface area contributed by atoms with Crippen LogP contribution < -0.4 is 4.74 Å². The van der Waals surface area contributed by atoms with Gasteiger partial charge in [-0.25, -0.2) is 4.79 Å². The Labute approximate surface area is 103 Å². The average Bonchev–Trinajstić information content (AvgIpc) is 2.39. The van der Waals surface area contributed by atoms with Crippen LogP contribution in [0.3, 0.4) is 0 Å². The van der Waals surface area contributed by atoms with Crippen molar-refractivity contribution in [1.82, 2.24) is 4.98 Å². The van der Waals surface area contributed by atoms with Gasteiger partial charge < -0.3 is 9.84 Å². The maximum absolute atomic E-state index is 11.1. The summed E-state index contributed by atoms with van der Waals surface area (Å²) >= 11 is 0. The SMILES string of the molecule is CCC(=C(N=[N+]=[N-])C(=O)O)c1cnccc1OC. The largest absolute Gasteiger partial charge is 0.496 e. The van der Waals surface area contributed by atoms with Crippen LogP contribution in [-0.4, -0.2) is 23.2 Å². The molecule has 94 valence electrons. The van der Waals surface area contributed by atoms with E-state index in [-0.39, 0.29) is 5.70 Å². The van der Waals surface area contributed by atoms with Gasteiger partial charge in [-0.1, -0.05) is 12.0 Å². The highest BCUT2D eigenvalue weighted by molar-refractivity contribution is 5.96. The number of hydrogen-bond donors (Lipinski definition) is 1. The topological polar surface area (TPSA) is 108 Å². The van der Waals surface area contributed by atoms with Crippen molar-refractivity contribution >= 4 is 11.5 Å². The second-order valence-electron chi connectivity index (χ2n) is 3.25. The molecular formula is C11H12N4O3. The van der Waals surface area contributed by atoms with Crippen molar-refractivity contribution in [1.29, 1.82) is 0 Å². The lowest BCUT2D eigenvalue weighted by atomic mass is 10.0. The first-order chi connectivity index (χ1) is 8.65. The predicted octanol–water partition coefficient (Wildman–Crippen LogP) is 2.61. The molecule has 1 aromatic heterocycles. The number of methoxy groups -OCH3 is 1. The summed E-state index contributed by atoms with van der Waals surface area (Å²) in [6.07, 6.45) is 3.39. The number of aliphatic carboxylic acids is 1. The first kappa shape index (κ1) is 13.5. The summed E-state index contributed by atoms with van der Waals surface area (Å²) in [5.41, 5.74) is 8.96. The van der Waals surface area contributed by atoms with Gasteiger partial charge >= 0.3 is 5.97 Å². The number of pyridine rings is 1. The zero-order chi connectivity index (χ0) is 13.5. The number of hydrogen-bond acceptors (Lipinski definition) is 4. The molecule has 0 bridgehead atoms. The van der Waals surface area contributed by atoms with Gasteiger partial charge in [0.05, 0.1) is 7.11 Å². The third-order valence-electron chi connectivity index (χ3n) is 2.31. The molecule has 0 atom stereocenters. The third kappa shape index (κ3) is 2.78. The van der Waals surface area contributed by atoms with Gasteiger partial charge in [0.25, 0.3) is 0 Å². The molecule has 1 heterocycles. The number of carboxylic acid groups (broad SMARTS) is 1. The molecule has 18 heavy (non-hydrogen) atoms. The second kappa shape index (κ2) is 6.27. The van der Waals surface area contributed by atoms with Crippen LogP contribution in [0.4, 0.5) is 0 Å². The lowest BCUT2D eigenvalue weighted by Gasteiger charge is -2.11. The van der Waals surface area contributed by atoms with Crippen LogP contribution in [-0.2, 0) is 4.79 Å². The molecular weight excluding hydrogens is 236 g/mol. The van der Waals surface area contributed by atoms with E-state index in [0.29, 0.717) is 23.3 Å². The summed E-state index contributed by atoms with van der Waals surface area (Å²) in [7, 11) is 1.47. The van der Waals surface area contributed by atoms with Gasteiger partial charge in [0.1, 0.15) is 11.4 Å². The molecule has 0 aliphatic rings. The first-order valence-corrected chi connectivity index (χ1v) is 5.15. The van der Waals surface area contributed by atoms with Gasteiger partial charge in [0.15, 0.2) is 0 Å². The minimum Gasteiger partial charge on any atom is -0.496 e. The normalized spacial score (nSPS) is 11.2. The number of carbonyl (C=O) groups is 1. The number of rotatable bonds is 5. The summed E-state index contributed by atoms with van der Waals surface area (Å²) in [6.45, 7) is 1.76. The molecule has 0 fully saturated rings. The van der Waals surface area contributed by atoms with Crippen LogP contribution >= 0.6 is 0 Å². The van der Waals surface area contributed by atoms with Crippen molar-refractivity contribution in [2.45, 2.75) is 13.3 Å². The number of azide groups is 1. The van der Waals surface area contributed by atoms with Crippen LogP contribution in [0.5, 0.6) is 5.75 Å². The number of carboxylic acids is 1. The Morgan fingerprint density at radius 2 is 2.39 bits per heavy atom. The van der Waals surface area contributed by atoms with E-state index in [2.05, 4.69) is 15.0 Å². The molecule has 1 N–H and O–H groups in total. The predicted molar refractivity (Wildman–Crippen MR) is 64.8 cm³/mol. The minimum absolute atomic E-state index is 0.341. The fourth-order valence-corrected chi connectivity index (χ4v) is 1.55. The van der Waals surface area contributed by atoms with Gasteiger partial charge in [0.2, 0.25) is 0 Å².